The zero-order valence-electron chi connectivity index (χ0n) is 8.74. The molecule has 2 rings (SSSR count). The number of methoxy groups -OCH3 is 1. The standard InChI is InChI=1S/C11H7ClFNO2S/c1-16-10(15)8-9(17-11(12)14-8)6-3-2-4-7(13)5-6/h2-5H,1H3. The van der Waals surface area contributed by atoms with Crippen LogP contribution in [-0.2, 0) is 4.74 Å². The van der Waals surface area contributed by atoms with Crippen molar-refractivity contribution in [3.05, 3.63) is 40.2 Å². The van der Waals surface area contributed by atoms with Crippen LogP contribution >= 0.6 is 22.9 Å². The smallest absolute Gasteiger partial charge is 0.358 e. The minimum Gasteiger partial charge on any atom is -0.464 e. The van der Waals surface area contributed by atoms with E-state index in [1.807, 2.05) is 0 Å². The van der Waals surface area contributed by atoms with E-state index in [-0.39, 0.29) is 16.0 Å². The van der Waals surface area contributed by atoms with Crippen LogP contribution in [-0.4, -0.2) is 18.1 Å². The molecule has 0 atom stereocenters. The molecule has 3 nitrogen and oxygen atoms in total. The Hall–Kier alpha value is -1.46. The van der Waals surface area contributed by atoms with Gasteiger partial charge in [0, 0.05) is 0 Å². The number of carbonyl (C=O) groups is 1. The molecule has 0 aliphatic rings. The molecule has 0 saturated heterocycles. The predicted molar refractivity (Wildman–Crippen MR) is 63.9 cm³/mol. The van der Waals surface area contributed by atoms with Crippen LogP contribution in [0.1, 0.15) is 10.5 Å². The lowest BCUT2D eigenvalue weighted by Crippen LogP contribution is -2.03. The summed E-state index contributed by atoms with van der Waals surface area (Å²) < 4.78 is 17.9. The topological polar surface area (TPSA) is 39.2 Å². The molecule has 0 saturated carbocycles. The average Bonchev–Trinajstić information content (AvgIpc) is 2.70. The summed E-state index contributed by atoms with van der Waals surface area (Å²) in [5.74, 6) is -0.977. The van der Waals surface area contributed by atoms with Gasteiger partial charge in [0.2, 0.25) is 0 Å². The summed E-state index contributed by atoms with van der Waals surface area (Å²) in [6, 6.07) is 5.87. The van der Waals surface area contributed by atoms with E-state index in [0.717, 1.165) is 11.3 Å². The maximum absolute atomic E-state index is 13.1. The molecular formula is C11H7ClFNO2S. The Bertz CT molecular complexity index is 570. The number of hydrogen-bond donors (Lipinski definition) is 0. The van der Waals surface area contributed by atoms with E-state index in [1.165, 1.54) is 19.2 Å². The molecule has 0 radical (unpaired) electrons. The predicted octanol–water partition coefficient (Wildman–Crippen LogP) is 3.39. The number of ether oxygens (including phenoxy) is 1. The number of thiazole rings is 1. The molecule has 0 unspecified atom stereocenters. The number of hydrogen-bond acceptors (Lipinski definition) is 4. The number of aromatic nitrogens is 1. The molecule has 1 aromatic carbocycles. The van der Waals surface area contributed by atoms with Crippen LogP contribution in [0.2, 0.25) is 4.47 Å². The second-order valence-corrected chi connectivity index (χ2v) is 4.73. The first-order chi connectivity index (χ1) is 8.11. The molecule has 0 spiro atoms. The Morgan fingerprint density at radius 3 is 2.94 bits per heavy atom. The molecule has 0 amide bonds. The van der Waals surface area contributed by atoms with Crippen molar-refractivity contribution in [1.82, 2.24) is 4.98 Å². The maximum atomic E-state index is 13.1. The van der Waals surface area contributed by atoms with Crippen LogP contribution in [0.25, 0.3) is 10.4 Å². The molecule has 17 heavy (non-hydrogen) atoms. The normalized spacial score (nSPS) is 10.3. The minimum atomic E-state index is -0.590. The molecule has 0 N–H and O–H groups in total. The monoisotopic (exact) mass is 271 g/mol. The van der Waals surface area contributed by atoms with Crippen molar-refractivity contribution < 1.29 is 13.9 Å². The average molecular weight is 272 g/mol. The lowest BCUT2D eigenvalue weighted by molar-refractivity contribution is 0.0596. The molecule has 0 fully saturated rings. The van der Waals surface area contributed by atoms with Crippen molar-refractivity contribution >= 4 is 28.9 Å². The van der Waals surface area contributed by atoms with Crippen LogP contribution in [0.15, 0.2) is 24.3 Å². The molecule has 2 aromatic rings. The molecule has 0 aliphatic heterocycles. The van der Waals surface area contributed by atoms with E-state index in [1.54, 1.807) is 12.1 Å². The van der Waals surface area contributed by atoms with Crippen molar-refractivity contribution in [3.63, 3.8) is 0 Å². The van der Waals surface area contributed by atoms with Gasteiger partial charge in [0.05, 0.1) is 12.0 Å². The van der Waals surface area contributed by atoms with Gasteiger partial charge < -0.3 is 4.74 Å². The first kappa shape index (κ1) is 12.0. The van der Waals surface area contributed by atoms with Gasteiger partial charge in [-0.25, -0.2) is 14.2 Å². The highest BCUT2D eigenvalue weighted by Gasteiger charge is 2.19. The van der Waals surface area contributed by atoms with Crippen molar-refractivity contribution in [2.24, 2.45) is 0 Å². The third-order valence-electron chi connectivity index (χ3n) is 2.07. The van der Waals surface area contributed by atoms with Gasteiger partial charge >= 0.3 is 5.97 Å². The number of rotatable bonds is 2. The Morgan fingerprint density at radius 1 is 1.53 bits per heavy atom. The van der Waals surface area contributed by atoms with E-state index in [9.17, 15) is 9.18 Å². The molecule has 0 aliphatic carbocycles. The summed E-state index contributed by atoms with van der Waals surface area (Å²) in [6.45, 7) is 0. The second kappa shape index (κ2) is 4.81. The highest BCUT2D eigenvalue weighted by molar-refractivity contribution is 7.19. The van der Waals surface area contributed by atoms with Gasteiger partial charge in [-0.05, 0) is 17.7 Å². The number of nitrogens with zero attached hydrogens (tertiary/aromatic N) is 1. The zero-order valence-corrected chi connectivity index (χ0v) is 10.3. The van der Waals surface area contributed by atoms with Crippen LogP contribution in [0, 0.1) is 5.82 Å². The lowest BCUT2D eigenvalue weighted by atomic mass is 10.1. The van der Waals surface area contributed by atoms with Gasteiger partial charge in [-0.15, -0.1) is 11.3 Å². The Labute approximate surface area is 106 Å². The highest BCUT2D eigenvalue weighted by Crippen LogP contribution is 2.33. The Kier molecular flexibility index (Phi) is 3.40. The van der Waals surface area contributed by atoms with Gasteiger partial charge in [0.1, 0.15) is 5.82 Å². The quantitative estimate of drug-likeness (QED) is 0.786. The highest BCUT2D eigenvalue weighted by atomic mass is 35.5. The second-order valence-electron chi connectivity index (χ2n) is 3.15. The summed E-state index contributed by atoms with van der Waals surface area (Å²) in [7, 11) is 1.25. The minimum absolute atomic E-state index is 0.105. The molecule has 1 aromatic heterocycles. The zero-order chi connectivity index (χ0) is 12.4. The summed E-state index contributed by atoms with van der Waals surface area (Å²) in [4.78, 5) is 15.9. The first-order valence-corrected chi connectivity index (χ1v) is 5.82. The Morgan fingerprint density at radius 2 is 2.29 bits per heavy atom. The molecule has 88 valence electrons. The van der Waals surface area contributed by atoms with E-state index in [0.29, 0.717) is 10.4 Å². The van der Waals surface area contributed by atoms with Crippen molar-refractivity contribution in [2.45, 2.75) is 0 Å². The summed E-state index contributed by atoms with van der Waals surface area (Å²) in [6.07, 6.45) is 0. The molecule has 1 heterocycles. The fourth-order valence-electron chi connectivity index (χ4n) is 1.35. The number of halogens is 2. The van der Waals surface area contributed by atoms with Crippen LogP contribution in [0.3, 0.4) is 0 Å². The van der Waals surface area contributed by atoms with Gasteiger partial charge in [-0.3, -0.25) is 0 Å². The van der Waals surface area contributed by atoms with Crippen LogP contribution in [0.4, 0.5) is 4.39 Å². The molecular weight excluding hydrogens is 265 g/mol. The number of esters is 1. The lowest BCUT2D eigenvalue weighted by Gasteiger charge is -2.00. The van der Waals surface area contributed by atoms with Crippen LogP contribution in [0.5, 0.6) is 0 Å². The van der Waals surface area contributed by atoms with E-state index in [4.69, 9.17) is 11.6 Å². The van der Waals surface area contributed by atoms with Crippen molar-refractivity contribution in [3.8, 4) is 10.4 Å². The van der Waals surface area contributed by atoms with Gasteiger partial charge in [-0.2, -0.15) is 0 Å². The molecule has 0 bridgehead atoms. The Balaban J connectivity index is 2.55. The fourth-order valence-corrected chi connectivity index (χ4v) is 2.45. The maximum Gasteiger partial charge on any atom is 0.358 e. The van der Waals surface area contributed by atoms with Gasteiger partial charge in [-0.1, -0.05) is 23.7 Å². The van der Waals surface area contributed by atoms with E-state index < -0.39 is 5.97 Å². The van der Waals surface area contributed by atoms with E-state index >= 15 is 0 Å². The third kappa shape index (κ3) is 2.45. The largest absolute Gasteiger partial charge is 0.464 e. The van der Waals surface area contributed by atoms with Crippen molar-refractivity contribution in [2.75, 3.05) is 7.11 Å². The molecule has 6 heteroatoms. The summed E-state index contributed by atoms with van der Waals surface area (Å²) in [5, 5.41) is 0. The SMILES string of the molecule is COC(=O)c1nc(Cl)sc1-c1cccc(F)c1. The third-order valence-corrected chi connectivity index (χ3v) is 3.28. The summed E-state index contributed by atoms with van der Waals surface area (Å²) in [5.41, 5.74) is 0.655. The first-order valence-electron chi connectivity index (χ1n) is 4.62. The van der Waals surface area contributed by atoms with Crippen molar-refractivity contribution in [1.29, 1.82) is 0 Å². The van der Waals surface area contributed by atoms with E-state index in [2.05, 4.69) is 9.72 Å². The summed E-state index contributed by atoms with van der Waals surface area (Å²) >= 11 is 6.87. The van der Waals surface area contributed by atoms with Gasteiger partial charge in [0.15, 0.2) is 10.2 Å². The number of benzene rings is 1. The van der Waals surface area contributed by atoms with Gasteiger partial charge in [0.25, 0.3) is 0 Å². The number of carbonyl (C=O) groups excluding carboxylic acids is 1. The van der Waals surface area contributed by atoms with Crippen LogP contribution < -0.4 is 0 Å². The fraction of sp³-hybridized carbons (Fsp3) is 0.0909.